The molecule has 96 valence electrons. The fourth-order valence-electron chi connectivity index (χ4n) is 1.81. The van der Waals surface area contributed by atoms with Crippen molar-refractivity contribution in [3.63, 3.8) is 0 Å². The van der Waals surface area contributed by atoms with Crippen LogP contribution in [0, 0.1) is 11.7 Å². The van der Waals surface area contributed by atoms with E-state index in [0.29, 0.717) is 11.6 Å². The van der Waals surface area contributed by atoms with E-state index in [-0.39, 0.29) is 5.75 Å². The zero-order valence-corrected chi connectivity index (χ0v) is 11.8. The second-order valence-electron chi connectivity index (χ2n) is 4.60. The summed E-state index contributed by atoms with van der Waals surface area (Å²) in [7, 11) is 0. The van der Waals surface area contributed by atoms with Crippen molar-refractivity contribution in [2.24, 2.45) is 5.92 Å². The summed E-state index contributed by atoms with van der Waals surface area (Å²) in [6.07, 6.45) is 0.858. The van der Waals surface area contributed by atoms with Gasteiger partial charge in [-0.3, -0.25) is 0 Å². The summed E-state index contributed by atoms with van der Waals surface area (Å²) >= 11 is 3.33. The molecule has 1 aromatic heterocycles. The molecule has 0 aliphatic carbocycles. The third kappa shape index (κ3) is 2.72. The molecule has 5 heteroatoms. The molecule has 1 heterocycles. The van der Waals surface area contributed by atoms with Gasteiger partial charge in [0.1, 0.15) is 4.60 Å². The van der Waals surface area contributed by atoms with Crippen LogP contribution in [-0.4, -0.2) is 14.9 Å². The van der Waals surface area contributed by atoms with Crippen molar-refractivity contribution in [3.05, 3.63) is 40.4 Å². The van der Waals surface area contributed by atoms with Crippen molar-refractivity contribution < 1.29 is 9.50 Å². The van der Waals surface area contributed by atoms with E-state index in [2.05, 4.69) is 34.9 Å². The molecule has 0 bridgehead atoms. The highest BCUT2D eigenvalue weighted by Crippen LogP contribution is 2.23. The van der Waals surface area contributed by atoms with E-state index >= 15 is 0 Å². The van der Waals surface area contributed by atoms with Crippen molar-refractivity contribution in [2.45, 2.75) is 20.3 Å². The van der Waals surface area contributed by atoms with Crippen LogP contribution in [-0.2, 0) is 6.42 Å². The van der Waals surface area contributed by atoms with E-state index in [9.17, 15) is 9.50 Å². The van der Waals surface area contributed by atoms with Gasteiger partial charge in [0.25, 0.3) is 0 Å². The van der Waals surface area contributed by atoms with Crippen LogP contribution in [0.4, 0.5) is 4.39 Å². The highest BCUT2D eigenvalue weighted by atomic mass is 79.9. The second-order valence-corrected chi connectivity index (χ2v) is 5.42. The lowest BCUT2D eigenvalue weighted by Gasteiger charge is -2.09. The quantitative estimate of drug-likeness (QED) is 0.939. The molecule has 0 amide bonds. The molecule has 1 N–H and O–H groups in total. The zero-order valence-electron chi connectivity index (χ0n) is 10.2. The minimum Gasteiger partial charge on any atom is -0.505 e. The number of phenolic OH excluding ortho intramolecular Hbond substituents is 1. The van der Waals surface area contributed by atoms with Gasteiger partial charge in [0, 0.05) is 11.8 Å². The number of hydrogen-bond acceptors (Lipinski definition) is 2. The maximum absolute atomic E-state index is 13.0. The van der Waals surface area contributed by atoms with Crippen molar-refractivity contribution in [3.8, 4) is 11.4 Å². The topological polar surface area (TPSA) is 38.0 Å². The number of phenols is 1. The summed E-state index contributed by atoms with van der Waals surface area (Å²) in [5.74, 6) is -0.508. The Kier molecular flexibility index (Phi) is 3.71. The third-order valence-electron chi connectivity index (χ3n) is 2.54. The Morgan fingerprint density at radius 3 is 2.72 bits per heavy atom. The van der Waals surface area contributed by atoms with Crippen LogP contribution in [0.1, 0.15) is 19.5 Å². The summed E-state index contributed by atoms with van der Waals surface area (Å²) in [5.41, 5.74) is 1.66. The second kappa shape index (κ2) is 5.10. The molecular formula is C13H14BrFN2O. The van der Waals surface area contributed by atoms with Crippen LogP contribution < -0.4 is 0 Å². The van der Waals surface area contributed by atoms with E-state index in [1.54, 1.807) is 10.7 Å². The summed E-state index contributed by atoms with van der Waals surface area (Å²) in [6, 6.07) is 6.14. The molecule has 0 fully saturated rings. The first-order valence-electron chi connectivity index (χ1n) is 5.70. The van der Waals surface area contributed by atoms with E-state index in [0.717, 1.165) is 16.7 Å². The highest BCUT2D eigenvalue weighted by Gasteiger charge is 2.11. The normalized spacial score (nSPS) is 11.2. The van der Waals surface area contributed by atoms with Gasteiger partial charge in [-0.05, 0) is 46.5 Å². The predicted octanol–water partition coefficient (Wildman–Crippen LogP) is 3.68. The van der Waals surface area contributed by atoms with Gasteiger partial charge in [-0.25, -0.2) is 9.07 Å². The van der Waals surface area contributed by atoms with Gasteiger partial charge in [0.05, 0.1) is 5.69 Å². The number of nitrogens with zero attached hydrogens (tertiary/aromatic N) is 2. The van der Waals surface area contributed by atoms with Gasteiger partial charge in [-0.2, -0.15) is 5.10 Å². The molecule has 0 aliphatic heterocycles. The fourth-order valence-corrected chi connectivity index (χ4v) is 2.23. The lowest BCUT2D eigenvalue weighted by molar-refractivity contribution is 0.432. The van der Waals surface area contributed by atoms with Crippen molar-refractivity contribution in [2.75, 3.05) is 0 Å². The Labute approximate surface area is 113 Å². The van der Waals surface area contributed by atoms with Crippen molar-refractivity contribution in [1.29, 1.82) is 0 Å². The lowest BCUT2D eigenvalue weighted by atomic mass is 10.1. The van der Waals surface area contributed by atoms with Crippen LogP contribution in [0.3, 0.4) is 0 Å². The number of benzene rings is 1. The number of aromatic hydroxyl groups is 1. The summed E-state index contributed by atoms with van der Waals surface area (Å²) in [4.78, 5) is 0. The molecule has 3 nitrogen and oxygen atoms in total. The van der Waals surface area contributed by atoms with E-state index < -0.39 is 5.82 Å². The number of halogens is 2. The molecule has 1 aromatic carbocycles. The smallest absolute Gasteiger partial charge is 0.164 e. The highest BCUT2D eigenvalue weighted by molar-refractivity contribution is 9.10. The molecule has 2 rings (SSSR count). The Bertz CT molecular complexity index is 566. The molecule has 0 saturated heterocycles. The molecular weight excluding hydrogens is 299 g/mol. The Morgan fingerprint density at radius 1 is 1.39 bits per heavy atom. The molecule has 2 aromatic rings. The summed E-state index contributed by atoms with van der Waals surface area (Å²) < 4.78 is 15.5. The van der Waals surface area contributed by atoms with Gasteiger partial charge in [-0.15, -0.1) is 0 Å². The standard InChI is InChI=1S/C13H14BrFN2O/c1-8(2)5-10-7-13(14)16-17(10)9-3-4-11(15)12(18)6-9/h3-4,6-8,18H,5H2,1-2H3. The predicted molar refractivity (Wildman–Crippen MR) is 71.4 cm³/mol. The van der Waals surface area contributed by atoms with Crippen LogP contribution in [0.15, 0.2) is 28.9 Å². The third-order valence-corrected chi connectivity index (χ3v) is 2.93. The molecule has 0 saturated carbocycles. The maximum atomic E-state index is 13.0. The Morgan fingerprint density at radius 2 is 2.11 bits per heavy atom. The molecule has 0 aliphatic rings. The van der Waals surface area contributed by atoms with Crippen LogP contribution in [0.5, 0.6) is 5.75 Å². The van der Waals surface area contributed by atoms with Crippen LogP contribution in [0.25, 0.3) is 5.69 Å². The minimum absolute atomic E-state index is 0.366. The molecule has 0 radical (unpaired) electrons. The average molecular weight is 313 g/mol. The van der Waals surface area contributed by atoms with Crippen LogP contribution in [0.2, 0.25) is 0 Å². The fraction of sp³-hybridized carbons (Fsp3) is 0.308. The van der Waals surface area contributed by atoms with Gasteiger partial charge in [0.15, 0.2) is 11.6 Å². The van der Waals surface area contributed by atoms with Gasteiger partial charge < -0.3 is 5.11 Å². The number of aromatic nitrogens is 2. The SMILES string of the molecule is CC(C)Cc1cc(Br)nn1-c1ccc(F)c(O)c1. The van der Waals surface area contributed by atoms with Gasteiger partial charge >= 0.3 is 0 Å². The van der Waals surface area contributed by atoms with E-state index in [1.165, 1.54) is 12.1 Å². The monoisotopic (exact) mass is 312 g/mol. The summed E-state index contributed by atoms with van der Waals surface area (Å²) in [6.45, 7) is 4.24. The first-order valence-corrected chi connectivity index (χ1v) is 6.50. The zero-order chi connectivity index (χ0) is 13.3. The Balaban J connectivity index is 2.45. The van der Waals surface area contributed by atoms with Gasteiger partial charge in [-0.1, -0.05) is 13.8 Å². The van der Waals surface area contributed by atoms with Gasteiger partial charge in [0.2, 0.25) is 0 Å². The van der Waals surface area contributed by atoms with Crippen molar-refractivity contribution in [1.82, 2.24) is 9.78 Å². The Hall–Kier alpha value is -1.36. The molecule has 0 atom stereocenters. The van der Waals surface area contributed by atoms with Crippen LogP contribution >= 0.6 is 15.9 Å². The summed E-state index contributed by atoms with van der Waals surface area (Å²) in [5, 5.41) is 13.7. The lowest BCUT2D eigenvalue weighted by Crippen LogP contribution is -2.05. The van der Waals surface area contributed by atoms with E-state index in [4.69, 9.17) is 0 Å². The molecule has 0 unspecified atom stereocenters. The average Bonchev–Trinajstić information content (AvgIpc) is 2.62. The maximum Gasteiger partial charge on any atom is 0.164 e. The van der Waals surface area contributed by atoms with E-state index in [1.807, 2.05) is 6.07 Å². The first kappa shape index (κ1) is 13.1. The first-order chi connectivity index (χ1) is 8.47. The van der Waals surface area contributed by atoms with Crippen molar-refractivity contribution >= 4 is 15.9 Å². The number of rotatable bonds is 3. The number of hydrogen-bond donors (Lipinski definition) is 1. The molecule has 18 heavy (non-hydrogen) atoms. The minimum atomic E-state index is -0.629. The largest absolute Gasteiger partial charge is 0.505 e. The molecule has 0 spiro atoms.